The van der Waals surface area contributed by atoms with E-state index in [1.165, 1.54) is 6.07 Å². The largest absolute Gasteiger partial charge is 0.493 e. The van der Waals surface area contributed by atoms with E-state index in [0.717, 1.165) is 5.56 Å². The molecule has 0 aromatic heterocycles. The molecule has 1 aliphatic heterocycles. The van der Waals surface area contributed by atoms with Crippen LogP contribution in [0.15, 0.2) is 36.4 Å². The summed E-state index contributed by atoms with van der Waals surface area (Å²) in [5.74, 6) is 0.598. The average Bonchev–Trinajstić information content (AvgIpc) is 2.67. The summed E-state index contributed by atoms with van der Waals surface area (Å²) in [5.41, 5.74) is 1.03. The van der Waals surface area contributed by atoms with Crippen molar-refractivity contribution >= 4 is 28.8 Å². The lowest BCUT2D eigenvalue weighted by atomic mass is 10.1. The molecule has 1 aliphatic rings. The number of benzene rings is 2. The summed E-state index contributed by atoms with van der Waals surface area (Å²) in [5, 5.41) is 0.317. The van der Waals surface area contributed by atoms with Crippen LogP contribution in [-0.4, -0.2) is 43.3 Å². The first-order valence-corrected chi connectivity index (χ1v) is 9.00. The van der Waals surface area contributed by atoms with E-state index < -0.39 is 5.82 Å². The van der Waals surface area contributed by atoms with Crippen molar-refractivity contribution in [2.75, 3.05) is 33.4 Å². The monoisotopic (exact) mass is 395 g/mol. The van der Waals surface area contributed by atoms with Crippen LogP contribution in [0.2, 0.25) is 5.02 Å². The SMILES string of the molecule is COc1cccc(C(=S)N2CCOCC2)c1OCc1c(F)cccc1Cl. The Morgan fingerprint density at radius 3 is 2.65 bits per heavy atom. The Hall–Kier alpha value is -1.89. The molecule has 138 valence electrons. The molecule has 0 spiro atoms. The summed E-state index contributed by atoms with van der Waals surface area (Å²) in [6.45, 7) is 2.67. The zero-order chi connectivity index (χ0) is 18.5. The van der Waals surface area contributed by atoms with Gasteiger partial charge in [-0.1, -0.05) is 36.0 Å². The Morgan fingerprint density at radius 1 is 1.23 bits per heavy atom. The summed E-state index contributed by atoms with van der Waals surface area (Å²) >= 11 is 11.7. The lowest BCUT2D eigenvalue weighted by Gasteiger charge is -2.30. The van der Waals surface area contributed by atoms with E-state index in [9.17, 15) is 4.39 Å². The smallest absolute Gasteiger partial charge is 0.171 e. The molecule has 4 nitrogen and oxygen atoms in total. The van der Waals surface area contributed by atoms with Gasteiger partial charge >= 0.3 is 0 Å². The molecular formula is C19H19ClFNO3S. The van der Waals surface area contributed by atoms with Gasteiger partial charge in [-0.3, -0.25) is 0 Å². The second-order valence-electron chi connectivity index (χ2n) is 5.73. The number of hydrogen-bond donors (Lipinski definition) is 0. The van der Waals surface area contributed by atoms with Crippen molar-refractivity contribution in [3.05, 3.63) is 58.4 Å². The van der Waals surface area contributed by atoms with E-state index in [1.54, 1.807) is 25.3 Å². The lowest BCUT2D eigenvalue weighted by molar-refractivity contribution is 0.0692. The van der Waals surface area contributed by atoms with Crippen molar-refractivity contribution in [1.29, 1.82) is 0 Å². The van der Waals surface area contributed by atoms with Gasteiger partial charge in [-0.25, -0.2) is 4.39 Å². The van der Waals surface area contributed by atoms with Crippen molar-refractivity contribution in [3.8, 4) is 11.5 Å². The fourth-order valence-corrected chi connectivity index (χ4v) is 3.31. The van der Waals surface area contributed by atoms with Gasteiger partial charge in [0.25, 0.3) is 0 Å². The highest BCUT2D eigenvalue weighted by molar-refractivity contribution is 7.80. The third kappa shape index (κ3) is 4.09. The molecular weight excluding hydrogens is 377 g/mol. The summed E-state index contributed by atoms with van der Waals surface area (Å²) in [6, 6.07) is 10.0. The van der Waals surface area contributed by atoms with Gasteiger partial charge in [0.05, 0.1) is 30.9 Å². The number of para-hydroxylation sites is 1. The van der Waals surface area contributed by atoms with E-state index in [0.29, 0.717) is 53.4 Å². The average molecular weight is 396 g/mol. The van der Waals surface area contributed by atoms with Gasteiger partial charge in [0.2, 0.25) is 0 Å². The van der Waals surface area contributed by atoms with E-state index in [2.05, 4.69) is 4.90 Å². The molecule has 0 N–H and O–H groups in total. The fraction of sp³-hybridized carbons (Fsp3) is 0.316. The number of hydrogen-bond acceptors (Lipinski definition) is 4. The van der Waals surface area contributed by atoms with Gasteiger partial charge in [0.1, 0.15) is 17.4 Å². The van der Waals surface area contributed by atoms with Crippen LogP contribution in [0.5, 0.6) is 11.5 Å². The topological polar surface area (TPSA) is 30.9 Å². The van der Waals surface area contributed by atoms with Gasteiger partial charge in [0, 0.05) is 18.7 Å². The summed E-state index contributed by atoms with van der Waals surface area (Å²) < 4.78 is 30.8. The summed E-state index contributed by atoms with van der Waals surface area (Å²) in [6.07, 6.45) is 0. The van der Waals surface area contributed by atoms with Crippen molar-refractivity contribution in [2.45, 2.75) is 6.61 Å². The molecule has 1 fully saturated rings. The van der Waals surface area contributed by atoms with Crippen LogP contribution < -0.4 is 9.47 Å². The first-order chi connectivity index (χ1) is 12.6. The molecule has 7 heteroatoms. The lowest BCUT2D eigenvalue weighted by Crippen LogP contribution is -2.40. The van der Waals surface area contributed by atoms with Crippen molar-refractivity contribution in [3.63, 3.8) is 0 Å². The number of nitrogens with zero attached hydrogens (tertiary/aromatic N) is 1. The van der Waals surface area contributed by atoms with Crippen molar-refractivity contribution in [2.24, 2.45) is 0 Å². The molecule has 2 aromatic carbocycles. The first kappa shape index (κ1) is 18.9. The Labute approximate surface area is 162 Å². The molecule has 0 amide bonds. The minimum Gasteiger partial charge on any atom is -0.493 e. The van der Waals surface area contributed by atoms with E-state index in [1.807, 2.05) is 12.1 Å². The van der Waals surface area contributed by atoms with Crippen LogP contribution in [0, 0.1) is 5.82 Å². The number of methoxy groups -OCH3 is 1. The highest BCUT2D eigenvalue weighted by Gasteiger charge is 2.21. The third-order valence-electron chi connectivity index (χ3n) is 4.15. The van der Waals surface area contributed by atoms with Gasteiger partial charge in [0.15, 0.2) is 11.5 Å². The summed E-state index contributed by atoms with van der Waals surface area (Å²) in [4.78, 5) is 2.72. The molecule has 2 aromatic rings. The predicted octanol–water partition coefficient (Wildman–Crippen LogP) is 4.07. The number of halogens is 2. The second-order valence-corrected chi connectivity index (χ2v) is 6.52. The third-order valence-corrected chi connectivity index (χ3v) is 4.98. The molecule has 0 unspecified atom stereocenters. The molecule has 0 bridgehead atoms. The number of ether oxygens (including phenoxy) is 3. The van der Waals surface area contributed by atoms with Gasteiger partial charge in [-0.15, -0.1) is 0 Å². The maximum atomic E-state index is 14.0. The van der Waals surface area contributed by atoms with E-state index in [-0.39, 0.29) is 6.61 Å². The molecule has 1 heterocycles. The molecule has 0 saturated carbocycles. The Kier molecular flexibility index (Phi) is 6.29. The quantitative estimate of drug-likeness (QED) is 0.712. The van der Waals surface area contributed by atoms with Crippen LogP contribution in [0.4, 0.5) is 4.39 Å². The normalized spacial score (nSPS) is 14.2. The molecule has 26 heavy (non-hydrogen) atoms. The minimum absolute atomic E-state index is 0.0232. The van der Waals surface area contributed by atoms with Gasteiger partial charge in [-0.05, 0) is 24.3 Å². The van der Waals surface area contributed by atoms with Gasteiger partial charge < -0.3 is 19.1 Å². The number of rotatable bonds is 5. The summed E-state index contributed by atoms with van der Waals surface area (Å²) in [7, 11) is 1.56. The molecule has 1 saturated heterocycles. The van der Waals surface area contributed by atoms with Crippen LogP contribution in [-0.2, 0) is 11.3 Å². The maximum Gasteiger partial charge on any atom is 0.171 e. The van der Waals surface area contributed by atoms with E-state index in [4.69, 9.17) is 38.0 Å². The van der Waals surface area contributed by atoms with Crippen molar-refractivity contribution < 1.29 is 18.6 Å². The highest BCUT2D eigenvalue weighted by atomic mass is 35.5. The zero-order valence-electron chi connectivity index (χ0n) is 14.3. The minimum atomic E-state index is -0.412. The molecule has 0 radical (unpaired) electrons. The Morgan fingerprint density at radius 2 is 1.96 bits per heavy atom. The fourth-order valence-electron chi connectivity index (χ4n) is 2.75. The zero-order valence-corrected chi connectivity index (χ0v) is 15.9. The number of morpholine rings is 1. The predicted molar refractivity (Wildman–Crippen MR) is 103 cm³/mol. The molecule has 0 aliphatic carbocycles. The van der Waals surface area contributed by atoms with Crippen LogP contribution >= 0.6 is 23.8 Å². The second kappa shape index (κ2) is 8.66. The van der Waals surface area contributed by atoms with Crippen LogP contribution in [0.3, 0.4) is 0 Å². The highest BCUT2D eigenvalue weighted by Crippen LogP contribution is 2.34. The first-order valence-electron chi connectivity index (χ1n) is 8.21. The Bertz CT molecular complexity index is 776. The van der Waals surface area contributed by atoms with Crippen LogP contribution in [0.25, 0.3) is 0 Å². The maximum absolute atomic E-state index is 14.0. The van der Waals surface area contributed by atoms with Crippen molar-refractivity contribution in [1.82, 2.24) is 4.90 Å². The van der Waals surface area contributed by atoms with Crippen LogP contribution in [0.1, 0.15) is 11.1 Å². The molecule has 0 atom stereocenters. The standard InChI is InChI=1S/C19H19ClFNO3S/c1-23-17-7-2-4-13(19(26)22-8-10-24-11-9-22)18(17)25-12-14-15(20)5-3-6-16(14)21/h2-7H,8-12H2,1H3. The number of thiocarbonyl (C=S) groups is 1. The van der Waals surface area contributed by atoms with E-state index >= 15 is 0 Å². The Balaban J connectivity index is 1.88. The molecule has 3 rings (SSSR count). The van der Waals surface area contributed by atoms with Gasteiger partial charge in [-0.2, -0.15) is 0 Å².